The Morgan fingerprint density at radius 3 is 1.78 bits per heavy atom. The van der Waals surface area contributed by atoms with Crippen molar-refractivity contribution >= 4 is 0 Å². The molecule has 174 valence electrons. The summed E-state index contributed by atoms with van der Waals surface area (Å²) in [4.78, 5) is 0. The van der Waals surface area contributed by atoms with Crippen LogP contribution in [0, 0.1) is 35.2 Å². The summed E-state index contributed by atoms with van der Waals surface area (Å²) in [7, 11) is 0. The van der Waals surface area contributed by atoms with Gasteiger partial charge in [0.15, 0.2) is 17.5 Å². The Bertz CT molecular complexity index is 993. The summed E-state index contributed by atoms with van der Waals surface area (Å²) in [5, 5.41) is 0. The normalized spacial score (nSPS) is 27.6. The first-order valence-corrected chi connectivity index (χ1v) is 12.5. The first kappa shape index (κ1) is 19.7. The van der Waals surface area contributed by atoms with E-state index in [1.54, 1.807) is 12.1 Å². The van der Waals surface area contributed by atoms with Gasteiger partial charge in [0.1, 0.15) is 0 Å². The van der Waals surface area contributed by atoms with Crippen LogP contribution >= 0.6 is 0 Å². The van der Waals surface area contributed by atoms with E-state index in [0.717, 1.165) is 36.2 Å². The molecule has 0 heterocycles. The molecule has 0 N–H and O–H groups in total. The Balaban J connectivity index is 1.34. The summed E-state index contributed by atoms with van der Waals surface area (Å²) in [5.41, 5.74) is 0.738. The molecule has 0 aromatic heterocycles. The van der Waals surface area contributed by atoms with Gasteiger partial charge in [-0.2, -0.15) is 0 Å². The first-order valence-electron chi connectivity index (χ1n) is 14.0. The zero-order valence-electron chi connectivity index (χ0n) is 22.2. The van der Waals surface area contributed by atoms with Gasteiger partial charge in [-0.05, 0) is 78.1 Å². The third-order valence-corrected chi connectivity index (χ3v) is 7.93. The van der Waals surface area contributed by atoms with Crippen LogP contribution in [0.1, 0.15) is 99.6 Å². The van der Waals surface area contributed by atoms with Crippen LogP contribution in [-0.2, 0) is 0 Å². The van der Waals surface area contributed by atoms with Crippen molar-refractivity contribution in [2.24, 2.45) is 17.8 Å². The summed E-state index contributed by atoms with van der Waals surface area (Å²) in [6.07, 6.45) is 15.5. The molecule has 2 fully saturated rings. The number of halogens is 3. The predicted octanol–water partition coefficient (Wildman–Crippen LogP) is 9.43. The quantitative estimate of drug-likeness (QED) is 0.372. The molecule has 32 heavy (non-hydrogen) atoms. The van der Waals surface area contributed by atoms with E-state index in [0.29, 0.717) is 5.92 Å². The van der Waals surface area contributed by atoms with Crippen LogP contribution < -0.4 is 0 Å². The average Bonchev–Trinajstić information content (AvgIpc) is 2.87. The second-order valence-electron chi connectivity index (χ2n) is 10.1. The number of hydrogen-bond donors (Lipinski definition) is 0. The maximum atomic E-state index is 13.9. The molecule has 2 aromatic rings. The maximum absolute atomic E-state index is 13.9. The van der Waals surface area contributed by atoms with Gasteiger partial charge in [0.05, 0.1) is 4.11 Å². The highest BCUT2D eigenvalue weighted by Crippen LogP contribution is 2.40. The second kappa shape index (κ2) is 10.9. The lowest BCUT2D eigenvalue weighted by atomic mass is 9.74. The highest BCUT2D eigenvalue weighted by atomic mass is 19.2. The van der Waals surface area contributed by atoms with E-state index in [9.17, 15) is 13.2 Å². The smallest absolute Gasteiger partial charge is 0.194 e. The molecule has 0 bridgehead atoms. The van der Waals surface area contributed by atoms with E-state index < -0.39 is 29.5 Å². The molecule has 0 spiro atoms. The topological polar surface area (TPSA) is 0 Å². The molecule has 4 rings (SSSR count). The van der Waals surface area contributed by atoms with Crippen LogP contribution in [0.15, 0.2) is 36.3 Å². The standard InChI is InChI=1S/C29H37F3/c1-2-3-20-4-6-21(7-5-20)8-9-22-10-12-23(13-11-22)24-14-16-25(17-15-24)26-18-27(30)29(32)28(31)19-26/h14-23H,2-13H2,1H3/i16D,18D,19D. The molecular formula is C29H37F3. The van der Waals surface area contributed by atoms with Crippen LogP contribution in [0.2, 0.25) is 0 Å². The van der Waals surface area contributed by atoms with Gasteiger partial charge in [-0.1, -0.05) is 82.5 Å². The van der Waals surface area contributed by atoms with Crippen molar-refractivity contribution in [1.82, 2.24) is 0 Å². The fourth-order valence-corrected chi connectivity index (χ4v) is 5.91. The van der Waals surface area contributed by atoms with Crippen molar-refractivity contribution in [1.29, 1.82) is 0 Å². The molecular weight excluding hydrogens is 405 g/mol. The molecule has 2 aromatic carbocycles. The third-order valence-electron chi connectivity index (χ3n) is 7.93. The third kappa shape index (κ3) is 5.77. The maximum Gasteiger partial charge on any atom is 0.194 e. The monoisotopic (exact) mass is 445 g/mol. The van der Waals surface area contributed by atoms with E-state index in [1.807, 2.05) is 6.07 Å². The van der Waals surface area contributed by atoms with Gasteiger partial charge in [-0.15, -0.1) is 0 Å². The molecule has 0 amide bonds. The van der Waals surface area contributed by atoms with Crippen LogP contribution in [0.4, 0.5) is 13.2 Å². The number of benzene rings is 2. The molecule has 0 radical (unpaired) electrons. The molecule has 2 saturated carbocycles. The molecule has 3 heteroatoms. The Labute approximate surface area is 195 Å². The van der Waals surface area contributed by atoms with Crippen LogP contribution in [0.25, 0.3) is 11.1 Å². The van der Waals surface area contributed by atoms with E-state index in [-0.39, 0.29) is 17.2 Å². The Morgan fingerprint density at radius 1 is 0.719 bits per heavy atom. The van der Waals surface area contributed by atoms with Crippen LogP contribution in [-0.4, -0.2) is 0 Å². The molecule has 0 saturated heterocycles. The summed E-state index contributed by atoms with van der Waals surface area (Å²) in [6, 6.07) is 3.33. The van der Waals surface area contributed by atoms with Gasteiger partial charge in [-0.3, -0.25) is 0 Å². The fourth-order valence-electron chi connectivity index (χ4n) is 5.91. The van der Waals surface area contributed by atoms with Crippen molar-refractivity contribution in [3.05, 3.63) is 59.3 Å². The SMILES string of the molecule is [2H]c1cc(C2CCC(CCC3CCC(CCC)CC3)CC2)ccc1-c1c([2H])c(F)c(F)c(F)c1[2H]. The lowest BCUT2D eigenvalue weighted by Gasteiger charge is -2.32. The second-order valence-corrected chi connectivity index (χ2v) is 10.1. The molecule has 0 unspecified atom stereocenters. The Kier molecular flexibility index (Phi) is 6.70. The van der Waals surface area contributed by atoms with Gasteiger partial charge in [-0.25, -0.2) is 13.2 Å². The summed E-state index contributed by atoms with van der Waals surface area (Å²) in [5.74, 6) is -2.06. The molecule has 2 aliphatic rings. The minimum absolute atomic E-state index is 0.00991. The Morgan fingerprint density at radius 2 is 1.25 bits per heavy atom. The molecule has 0 atom stereocenters. The van der Waals surface area contributed by atoms with Gasteiger partial charge < -0.3 is 0 Å². The number of rotatable bonds is 7. The van der Waals surface area contributed by atoms with Crippen molar-refractivity contribution in [3.63, 3.8) is 0 Å². The highest BCUT2D eigenvalue weighted by Gasteiger charge is 2.25. The Hall–Kier alpha value is -1.77. The minimum atomic E-state index is -1.81. The van der Waals surface area contributed by atoms with Crippen molar-refractivity contribution in [2.45, 2.75) is 89.9 Å². The van der Waals surface area contributed by atoms with Gasteiger partial charge in [0.2, 0.25) is 0 Å². The summed E-state index contributed by atoms with van der Waals surface area (Å²) < 4.78 is 65.5. The van der Waals surface area contributed by atoms with Gasteiger partial charge in [0, 0.05) is 0 Å². The molecule has 0 nitrogen and oxygen atoms in total. The first-order chi connectivity index (χ1) is 16.8. The van der Waals surface area contributed by atoms with Crippen molar-refractivity contribution in [2.75, 3.05) is 0 Å². The van der Waals surface area contributed by atoms with Crippen LogP contribution in [0.3, 0.4) is 0 Å². The summed E-state index contributed by atoms with van der Waals surface area (Å²) in [6.45, 7) is 2.29. The number of hydrogen-bond acceptors (Lipinski definition) is 0. The zero-order valence-corrected chi connectivity index (χ0v) is 19.2. The summed E-state index contributed by atoms with van der Waals surface area (Å²) >= 11 is 0. The minimum Gasteiger partial charge on any atom is -0.204 e. The highest BCUT2D eigenvalue weighted by molar-refractivity contribution is 5.64. The van der Waals surface area contributed by atoms with E-state index in [4.69, 9.17) is 4.11 Å². The molecule has 0 aliphatic heterocycles. The zero-order chi connectivity index (χ0) is 25.1. The van der Waals surface area contributed by atoms with Crippen molar-refractivity contribution < 1.29 is 17.3 Å². The largest absolute Gasteiger partial charge is 0.204 e. The van der Waals surface area contributed by atoms with Gasteiger partial charge in [0.25, 0.3) is 0 Å². The van der Waals surface area contributed by atoms with Crippen molar-refractivity contribution in [3.8, 4) is 11.1 Å². The van der Waals surface area contributed by atoms with E-state index in [2.05, 4.69) is 6.92 Å². The van der Waals surface area contributed by atoms with E-state index in [1.165, 1.54) is 64.2 Å². The lowest BCUT2D eigenvalue weighted by Crippen LogP contribution is -2.17. The molecule has 2 aliphatic carbocycles. The fraction of sp³-hybridized carbons (Fsp3) is 0.586. The predicted molar refractivity (Wildman–Crippen MR) is 126 cm³/mol. The van der Waals surface area contributed by atoms with Crippen LogP contribution in [0.5, 0.6) is 0 Å². The lowest BCUT2D eigenvalue weighted by molar-refractivity contribution is 0.224. The average molecular weight is 446 g/mol. The van der Waals surface area contributed by atoms with E-state index >= 15 is 0 Å². The van der Waals surface area contributed by atoms with Gasteiger partial charge >= 0.3 is 0 Å².